The first-order chi connectivity index (χ1) is 9.24. The highest BCUT2D eigenvalue weighted by Crippen LogP contribution is 2.41. The van der Waals surface area contributed by atoms with Crippen molar-refractivity contribution in [3.63, 3.8) is 0 Å². The molecule has 0 spiro atoms. The number of aryl methyl sites for hydroxylation is 1. The van der Waals surface area contributed by atoms with Crippen molar-refractivity contribution < 1.29 is 4.42 Å². The van der Waals surface area contributed by atoms with E-state index in [0.29, 0.717) is 18.2 Å². The highest BCUT2D eigenvalue weighted by Gasteiger charge is 2.31. The Bertz CT molecular complexity index is 637. The van der Waals surface area contributed by atoms with Gasteiger partial charge in [-0.15, -0.1) is 0 Å². The predicted octanol–water partition coefficient (Wildman–Crippen LogP) is 2.68. The van der Waals surface area contributed by atoms with Gasteiger partial charge in [0.05, 0.1) is 5.52 Å². The largest absolute Gasteiger partial charge is 0.419 e. The van der Waals surface area contributed by atoms with Crippen molar-refractivity contribution in [3.05, 3.63) is 34.3 Å². The number of hydrogen-bond donors (Lipinski definition) is 1. The fourth-order valence-electron chi connectivity index (χ4n) is 2.82. The standard InChI is InChI=1S/C15H20N2O2/c1-3-8-17-12-7-6-11(9-13(12)19-15(17)18)14(16-2)10-4-5-10/h6-7,9-10,14,16H,3-5,8H2,1-2H3. The number of fused-ring (bicyclic) bond motifs is 1. The number of nitrogens with zero attached hydrogens (tertiary/aromatic N) is 1. The van der Waals surface area contributed by atoms with Gasteiger partial charge in [-0.05, 0) is 49.9 Å². The Morgan fingerprint density at radius 1 is 1.47 bits per heavy atom. The second kappa shape index (κ2) is 4.85. The molecule has 0 amide bonds. The molecule has 1 atom stereocenters. The van der Waals surface area contributed by atoms with Gasteiger partial charge in [0.25, 0.3) is 0 Å². The van der Waals surface area contributed by atoms with Gasteiger partial charge in [0.2, 0.25) is 0 Å². The average molecular weight is 260 g/mol. The number of hydrogen-bond acceptors (Lipinski definition) is 3. The van der Waals surface area contributed by atoms with Crippen molar-refractivity contribution >= 4 is 11.1 Å². The third kappa shape index (κ3) is 2.21. The van der Waals surface area contributed by atoms with Crippen LogP contribution in [0.3, 0.4) is 0 Å². The quantitative estimate of drug-likeness (QED) is 0.899. The summed E-state index contributed by atoms with van der Waals surface area (Å²) in [4.78, 5) is 11.8. The van der Waals surface area contributed by atoms with Gasteiger partial charge < -0.3 is 9.73 Å². The number of nitrogens with one attached hydrogen (secondary N) is 1. The lowest BCUT2D eigenvalue weighted by Gasteiger charge is -2.15. The summed E-state index contributed by atoms with van der Waals surface area (Å²) >= 11 is 0. The van der Waals surface area contributed by atoms with Crippen LogP contribution in [0, 0.1) is 5.92 Å². The van der Waals surface area contributed by atoms with Crippen LogP contribution in [0.25, 0.3) is 11.1 Å². The van der Waals surface area contributed by atoms with Crippen LogP contribution in [0.4, 0.5) is 0 Å². The van der Waals surface area contributed by atoms with Crippen molar-refractivity contribution in [3.8, 4) is 0 Å². The molecule has 0 saturated heterocycles. The molecule has 102 valence electrons. The lowest BCUT2D eigenvalue weighted by Crippen LogP contribution is -2.18. The van der Waals surface area contributed by atoms with Crippen molar-refractivity contribution in [2.75, 3.05) is 7.05 Å². The minimum Gasteiger partial charge on any atom is -0.408 e. The lowest BCUT2D eigenvalue weighted by atomic mass is 10.0. The molecule has 3 rings (SSSR count). The molecule has 2 aromatic rings. The van der Waals surface area contributed by atoms with Gasteiger partial charge in [0.1, 0.15) is 0 Å². The Morgan fingerprint density at radius 3 is 2.89 bits per heavy atom. The molecular weight excluding hydrogens is 240 g/mol. The molecule has 0 radical (unpaired) electrons. The van der Waals surface area contributed by atoms with Crippen LogP contribution in [0.15, 0.2) is 27.4 Å². The topological polar surface area (TPSA) is 47.2 Å². The minimum atomic E-state index is -0.249. The van der Waals surface area contributed by atoms with Crippen molar-refractivity contribution in [1.29, 1.82) is 0 Å². The van der Waals surface area contributed by atoms with Crippen molar-refractivity contribution in [1.82, 2.24) is 9.88 Å². The van der Waals surface area contributed by atoms with E-state index in [2.05, 4.69) is 18.3 Å². The summed E-state index contributed by atoms with van der Waals surface area (Å²) in [7, 11) is 1.99. The molecule has 1 heterocycles. The number of oxazole rings is 1. The van der Waals surface area contributed by atoms with Gasteiger partial charge in [-0.2, -0.15) is 0 Å². The van der Waals surface area contributed by atoms with Crippen LogP contribution >= 0.6 is 0 Å². The molecule has 1 saturated carbocycles. The van der Waals surface area contributed by atoms with E-state index < -0.39 is 0 Å². The van der Waals surface area contributed by atoms with Gasteiger partial charge >= 0.3 is 5.76 Å². The van der Waals surface area contributed by atoms with E-state index in [9.17, 15) is 4.79 Å². The normalized spacial score (nSPS) is 16.9. The van der Waals surface area contributed by atoms with Gasteiger partial charge in [0, 0.05) is 12.6 Å². The maximum Gasteiger partial charge on any atom is 0.419 e. The van der Waals surface area contributed by atoms with E-state index >= 15 is 0 Å². The van der Waals surface area contributed by atoms with Crippen LogP contribution in [0.2, 0.25) is 0 Å². The second-order valence-electron chi connectivity index (χ2n) is 5.35. The summed E-state index contributed by atoms with van der Waals surface area (Å²) in [5, 5.41) is 3.36. The van der Waals surface area contributed by atoms with E-state index in [-0.39, 0.29) is 5.76 Å². The SMILES string of the molecule is CCCn1c(=O)oc2cc(C(NC)C3CC3)ccc21. The third-order valence-corrected chi connectivity index (χ3v) is 3.90. The van der Waals surface area contributed by atoms with Crippen molar-refractivity contribution in [2.24, 2.45) is 5.92 Å². The first-order valence-electron chi connectivity index (χ1n) is 7.05. The Kier molecular flexibility index (Phi) is 3.19. The smallest absolute Gasteiger partial charge is 0.408 e. The van der Waals surface area contributed by atoms with Crippen molar-refractivity contribution in [2.45, 2.75) is 38.8 Å². The molecule has 1 aliphatic rings. The maximum absolute atomic E-state index is 11.8. The zero-order valence-corrected chi connectivity index (χ0v) is 11.5. The first kappa shape index (κ1) is 12.5. The van der Waals surface area contributed by atoms with Crippen LogP contribution in [0.1, 0.15) is 37.8 Å². The zero-order valence-electron chi connectivity index (χ0n) is 11.5. The van der Waals surface area contributed by atoms with E-state index in [1.54, 1.807) is 4.57 Å². The van der Waals surface area contributed by atoms with Gasteiger partial charge in [-0.1, -0.05) is 13.0 Å². The molecule has 4 heteroatoms. The molecule has 0 bridgehead atoms. The van der Waals surface area contributed by atoms with Gasteiger partial charge in [-0.3, -0.25) is 4.57 Å². The zero-order chi connectivity index (χ0) is 13.4. The molecular formula is C15H20N2O2. The average Bonchev–Trinajstić information content (AvgIpc) is 3.17. The Morgan fingerprint density at radius 2 is 2.26 bits per heavy atom. The first-order valence-corrected chi connectivity index (χ1v) is 7.05. The summed E-state index contributed by atoms with van der Waals surface area (Å²) in [6.07, 6.45) is 3.49. The lowest BCUT2D eigenvalue weighted by molar-refractivity contribution is 0.500. The summed E-state index contributed by atoms with van der Waals surface area (Å²) in [6, 6.07) is 6.52. The van der Waals surface area contributed by atoms with Gasteiger partial charge in [0.15, 0.2) is 5.58 Å². The molecule has 1 aliphatic carbocycles. The summed E-state index contributed by atoms with van der Waals surface area (Å²) in [6.45, 7) is 2.77. The van der Waals surface area contributed by atoms with Crippen LogP contribution < -0.4 is 11.1 Å². The van der Waals surface area contributed by atoms with Gasteiger partial charge in [-0.25, -0.2) is 4.79 Å². The summed E-state index contributed by atoms with van der Waals surface area (Å²) in [5.41, 5.74) is 2.83. The van der Waals surface area contributed by atoms with E-state index in [1.165, 1.54) is 18.4 Å². The number of rotatable bonds is 5. The molecule has 4 nitrogen and oxygen atoms in total. The highest BCUT2D eigenvalue weighted by molar-refractivity contribution is 5.74. The second-order valence-corrected chi connectivity index (χ2v) is 5.35. The molecule has 19 heavy (non-hydrogen) atoms. The minimum absolute atomic E-state index is 0.249. The Balaban J connectivity index is 2.03. The summed E-state index contributed by atoms with van der Waals surface area (Å²) in [5.74, 6) is 0.480. The maximum atomic E-state index is 11.8. The van der Waals surface area contributed by atoms with E-state index in [4.69, 9.17) is 4.42 Å². The van der Waals surface area contributed by atoms with Crippen LogP contribution in [0.5, 0.6) is 0 Å². The molecule has 1 N–H and O–H groups in total. The molecule has 1 unspecified atom stereocenters. The Labute approximate surface area is 112 Å². The predicted molar refractivity (Wildman–Crippen MR) is 75.3 cm³/mol. The molecule has 1 fully saturated rings. The highest BCUT2D eigenvalue weighted by atomic mass is 16.4. The summed E-state index contributed by atoms with van der Waals surface area (Å²) < 4.78 is 7.08. The number of aromatic nitrogens is 1. The monoisotopic (exact) mass is 260 g/mol. The molecule has 1 aromatic carbocycles. The fraction of sp³-hybridized carbons (Fsp3) is 0.533. The number of benzene rings is 1. The molecule has 1 aromatic heterocycles. The fourth-order valence-corrected chi connectivity index (χ4v) is 2.82. The van der Waals surface area contributed by atoms with E-state index in [0.717, 1.165) is 17.9 Å². The van der Waals surface area contributed by atoms with Crippen LogP contribution in [-0.2, 0) is 6.54 Å². The third-order valence-electron chi connectivity index (χ3n) is 3.90. The molecule has 0 aliphatic heterocycles. The van der Waals surface area contributed by atoms with Crippen LogP contribution in [-0.4, -0.2) is 11.6 Å². The Hall–Kier alpha value is -1.55. The van der Waals surface area contributed by atoms with E-state index in [1.807, 2.05) is 19.2 Å².